The molecule has 1 amide bonds. The average Bonchev–Trinajstić information content (AvgIpc) is 2.99. The van der Waals surface area contributed by atoms with Gasteiger partial charge in [-0.2, -0.15) is 5.10 Å². The lowest BCUT2D eigenvalue weighted by atomic mass is 10.1. The van der Waals surface area contributed by atoms with Crippen molar-refractivity contribution in [1.82, 2.24) is 5.43 Å². The Morgan fingerprint density at radius 3 is 2.77 bits per heavy atom. The summed E-state index contributed by atoms with van der Waals surface area (Å²) in [4.78, 5) is 12.2. The molecule has 0 aromatic heterocycles. The van der Waals surface area contributed by atoms with E-state index < -0.39 is 0 Å². The molecular weight excluding hydrogens is 323 g/mol. The second-order valence-electron chi connectivity index (χ2n) is 5.79. The third kappa shape index (κ3) is 3.81. The van der Waals surface area contributed by atoms with Crippen LogP contribution in [0.4, 0.5) is 0 Å². The molecule has 0 spiro atoms. The van der Waals surface area contributed by atoms with Crippen molar-refractivity contribution >= 4 is 35.3 Å². The first-order valence-corrected chi connectivity index (χ1v) is 7.61. The molecule has 1 aromatic rings. The maximum Gasteiger partial charge on any atom is 0.244 e. The first-order valence-electron chi connectivity index (χ1n) is 6.86. The Morgan fingerprint density at radius 2 is 2.14 bits per heavy atom. The van der Waals surface area contributed by atoms with Gasteiger partial charge in [-0.1, -0.05) is 49.2 Å². The summed E-state index contributed by atoms with van der Waals surface area (Å²) in [6.45, 7) is 4.00. The largest absolute Gasteiger partial charge is 0.497 e. The first kappa shape index (κ1) is 16.8. The predicted octanol–water partition coefficient (Wildman–Crippen LogP) is 3.74. The molecule has 0 radical (unpaired) electrons. The van der Waals surface area contributed by atoms with Crippen LogP contribution in [0, 0.1) is 17.3 Å². The standard InChI is InChI=1S/C16H18Cl2N2O2/c1-16(2)12(8-13(17)18)14(16)15(21)20-19-9-10-5-4-6-11(7-10)22-3/h4-9,12,14H,1-3H3,(H,20,21)/b19-9+. The Hall–Kier alpha value is -1.52. The summed E-state index contributed by atoms with van der Waals surface area (Å²) in [5.41, 5.74) is 3.24. The number of hydrogen-bond acceptors (Lipinski definition) is 3. The van der Waals surface area contributed by atoms with Crippen molar-refractivity contribution in [2.75, 3.05) is 7.11 Å². The summed E-state index contributed by atoms with van der Waals surface area (Å²) < 4.78 is 5.32. The normalized spacial score (nSPS) is 22.2. The third-order valence-corrected chi connectivity index (χ3v) is 4.23. The molecule has 1 aliphatic carbocycles. The molecule has 1 aromatic carbocycles. The summed E-state index contributed by atoms with van der Waals surface area (Å²) >= 11 is 11.4. The number of carbonyl (C=O) groups excluding carboxylic acids is 1. The van der Waals surface area contributed by atoms with Gasteiger partial charge in [-0.05, 0) is 35.1 Å². The Labute approximate surface area is 140 Å². The van der Waals surface area contributed by atoms with Crippen molar-refractivity contribution in [1.29, 1.82) is 0 Å². The predicted molar refractivity (Wildman–Crippen MR) is 89.3 cm³/mol. The number of allylic oxidation sites excluding steroid dienone is 1. The molecule has 6 heteroatoms. The lowest BCUT2D eigenvalue weighted by molar-refractivity contribution is -0.123. The molecule has 1 aliphatic rings. The lowest BCUT2D eigenvalue weighted by Gasteiger charge is -2.02. The molecule has 2 unspecified atom stereocenters. The summed E-state index contributed by atoms with van der Waals surface area (Å²) in [7, 11) is 1.60. The fraction of sp³-hybridized carbons (Fsp3) is 0.375. The number of hydrogen-bond donors (Lipinski definition) is 1. The van der Waals surface area contributed by atoms with E-state index in [1.54, 1.807) is 19.4 Å². The van der Waals surface area contributed by atoms with Crippen LogP contribution in [0.15, 0.2) is 39.9 Å². The van der Waals surface area contributed by atoms with E-state index in [0.29, 0.717) is 0 Å². The van der Waals surface area contributed by atoms with E-state index in [1.165, 1.54) is 0 Å². The Morgan fingerprint density at radius 1 is 1.41 bits per heavy atom. The van der Waals surface area contributed by atoms with Gasteiger partial charge in [-0.3, -0.25) is 4.79 Å². The maximum atomic E-state index is 12.2. The molecular formula is C16H18Cl2N2O2. The monoisotopic (exact) mass is 340 g/mol. The van der Waals surface area contributed by atoms with Crippen molar-refractivity contribution in [3.8, 4) is 5.75 Å². The second-order valence-corrected chi connectivity index (χ2v) is 6.80. The van der Waals surface area contributed by atoms with Crippen molar-refractivity contribution in [2.45, 2.75) is 13.8 Å². The van der Waals surface area contributed by atoms with Crippen LogP contribution in [0.2, 0.25) is 0 Å². The van der Waals surface area contributed by atoms with Crippen LogP contribution in [0.1, 0.15) is 19.4 Å². The number of ether oxygens (including phenoxy) is 1. The number of halogens is 2. The van der Waals surface area contributed by atoms with Crippen LogP contribution >= 0.6 is 23.2 Å². The molecule has 0 aliphatic heterocycles. The highest BCUT2D eigenvalue weighted by Crippen LogP contribution is 2.59. The third-order valence-electron chi connectivity index (χ3n) is 3.98. The molecule has 4 nitrogen and oxygen atoms in total. The average molecular weight is 341 g/mol. The summed E-state index contributed by atoms with van der Waals surface area (Å²) in [6, 6.07) is 7.40. The molecule has 1 N–H and O–H groups in total. The van der Waals surface area contributed by atoms with E-state index in [0.717, 1.165) is 11.3 Å². The number of amides is 1. The van der Waals surface area contributed by atoms with Crippen LogP contribution in [-0.4, -0.2) is 19.2 Å². The Kier molecular flexibility index (Phi) is 5.14. The Bertz CT molecular complexity index is 622. The molecule has 2 atom stereocenters. The van der Waals surface area contributed by atoms with Gasteiger partial charge in [0.15, 0.2) is 0 Å². The van der Waals surface area contributed by atoms with Gasteiger partial charge in [0, 0.05) is 0 Å². The number of benzene rings is 1. The molecule has 0 heterocycles. The molecule has 1 fully saturated rings. The number of nitrogens with zero attached hydrogens (tertiary/aromatic N) is 1. The van der Waals surface area contributed by atoms with Gasteiger partial charge in [0.05, 0.1) is 19.2 Å². The van der Waals surface area contributed by atoms with Crippen molar-refractivity contribution in [3.63, 3.8) is 0 Å². The van der Waals surface area contributed by atoms with Gasteiger partial charge in [0.1, 0.15) is 10.2 Å². The highest BCUT2D eigenvalue weighted by atomic mass is 35.5. The minimum Gasteiger partial charge on any atom is -0.497 e. The highest BCUT2D eigenvalue weighted by Gasteiger charge is 2.60. The number of nitrogens with one attached hydrogen (secondary N) is 1. The smallest absolute Gasteiger partial charge is 0.244 e. The van der Waals surface area contributed by atoms with Gasteiger partial charge < -0.3 is 4.74 Å². The van der Waals surface area contributed by atoms with E-state index in [-0.39, 0.29) is 27.6 Å². The SMILES string of the molecule is COc1cccc(/C=N/NC(=O)C2C(C=C(Cl)Cl)C2(C)C)c1. The lowest BCUT2D eigenvalue weighted by Crippen LogP contribution is -2.21. The zero-order chi connectivity index (χ0) is 16.3. The van der Waals surface area contributed by atoms with Crippen molar-refractivity contribution < 1.29 is 9.53 Å². The molecule has 22 heavy (non-hydrogen) atoms. The minimum absolute atomic E-state index is 0.0320. The van der Waals surface area contributed by atoms with Crippen LogP contribution < -0.4 is 10.2 Å². The van der Waals surface area contributed by atoms with E-state index in [4.69, 9.17) is 27.9 Å². The van der Waals surface area contributed by atoms with Gasteiger partial charge in [0.2, 0.25) is 5.91 Å². The summed E-state index contributed by atoms with van der Waals surface area (Å²) in [6.07, 6.45) is 3.29. The zero-order valence-electron chi connectivity index (χ0n) is 12.6. The first-order chi connectivity index (χ1) is 10.4. The molecule has 0 bridgehead atoms. The van der Waals surface area contributed by atoms with Crippen molar-refractivity contribution in [2.24, 2.45) is 22.4 Å². The zero-order valence-corrected chi connectivity index (χ0v) is 14.2. The van der Waals surface area contributed by atoms with Crippen LogP contribution in [0.3, 0.4) is 0 Å². The van der Waals surface area contributed by atoms with Crippen LogP contribution in [0.25, 0.3) is 0 Å². The van der Waals surface area contributed by atoms with E-state index in [9.17, 15) is 4.79 Å². The summed E-state index contributed by atoms with van der Waals surface area (Å²) in [5.74, 6) is 0.451. The molecule has 2 rings (SSSR count). The van der Waals surface area contributed by atoms with Crippen LogP contribution in [0.5, 0.6) is 5.75 Å². The van der Waals surface area contributed by atoms with E-state index >= 15 is 0 Å². The Balaban J connectivity index is 1.96. The topological polar surface area (TPSA) is 50.7 Å². The summed E-state index contributed by atoms with van der Waals surface area (Å²) in [5, 5.41) is 3.99. The highest BCUT2D eigenvalue weighted by molar-refractivity contribution is 6.55. The molecule has 1 saturated carbocycles. The van der Waals surface area contributed by atoms with Gasteiger partial charge >= 0.3 is 0 Å². The number of methoxy groups -OCH3 is 1. The van der Waals surface area contributed by atoms with Crippen LogP contribution in [-0.2, 0) is 4.79 Å². The fourth-order valence-electron chi connectivity index (χ4n) is 2.59. The number of carbonyl (C=O) groups is 1. The maximum absolute atomic E-state index is 12.2. The van der Waals surface area contributed by atoms with Crippen molar-refractivity contribution in [3.05, 3.63) is 40.4 Å². The molecule has 118 valence electrons. The number of hydrazone groups is 1. The van der Waals surface area contributed by atoms with Gasteiger partial charge in [-0.15, -0.1) is 0 Å². The minimum atomic E-state index is -0.178. The number of rotatable bonds is 5. The molecule has 0 saturated heterocycles. The fourth-order valence-corrected chi connectivity index (χ4v) is 2.86. The van der Waals surface area contributed by atoms with E-state index in [2.05, 4.69) is 10.5 Å². The second kappa shape index (κ2) is 6.71. The van der Waals surface area contributed by atoms with E-state index in [1.807, 2.05) is 38.1 Å². The van der Waals surface area contributed by atoms with Gasteiger partial charge in [0.25, 0.3) is 0 Å². The quantitative estimate of drug-likeness (QED) is 0.655. The van der Waals surface area contributed by atoms with Gasteiger partial charge in [-0.25, -0.2) is 5.43 Å².